The van der Waals surface area contributed by atoms with Gasteiger partial charge in [-0.1, -0.05) is 63.2 Å². The molecule has 1 heterocycles. The van der Waals surface area contributed by atoms with Gasteiger partial charge in [0.2, 0.25) is 0 Å². The molecule has 1 aliphatic heterocycles. The highest BCUT2D eigenvalue weighted by Crippen LogP contribution is 2.52. The lowest BCUT2D eigenvalue weighted by Gasteiger charge is -2.39. The van der Waals surface area contributed by atoms with Gasteiger partial charge in [-0.3, -0.25) is 4.79 Å². The van der Waals surface area contributed by atoms with E-state index in [-0.39, 0.29) is 11.3 Å². The van der Waals surface area contributed by atoms with Crippen LogP contribution in [0.2, 0.25) is 0 Å². The van der Waals surface area contributed by atoms with Crippen molar-refractivity contribution in [2.45, 2.75) is 46.1 Å². The Balaban J connectivity index is 1.50. The predicted molar refractivity (Wildman–Crippen MR) is 126 cm³/mol. The lowest BCUT2D eigenvalue weighted by atomic mass is 9.65. The molecule has 0 unspecified atom stereocenters. The van der Waals surface area contributed by atoms with E-state index in [4.69, 9.17) is 4.74 Å². The summed E-state index contributed by atoms with van der Waals surface area (Å²) in [6.45, 7) is 7.88. The molecule has 2 aliphatic rings. The van der Waals surface area contributed by atoms with Crippen molar-refractivity contribution >= 4 is 16.7 Å². The van der Waals surface area contributed by atoms with Crippen LogP contribution in [0.15, 0.2) is 60.7 Å². The van der Waals surface area contributed by atoms with Crippen LogP contribution in [-0.2, 0) is 0 Å². The maximum atomic E-state index is 13.5. The van der Waals surface area contributed by atoms with Gasteiger partial charge in [0.25, 0.3) is 5.91 Å². The summed E-state index contributed by atoms with van der Waals surface area (Å²) in [5.74, 6) is 0.880. The Bertz CT molecular complexity index is 1160. The number of ether oxygens (including phenoxy) is 1. The third-order valence-corrected chi connectivity index (χ3v) is 7.20. The van der Waals surface area contributed by atoms with E-state index < -0.39 is 0 Å². The van der Waals surface area contributed by atoms with Crippen molar-refractivity contribution < 1.29 is 9.53 Å². The SMILES string of the molecule is COc1cc(C(=O)N2C[C@]3(C)C[C@@H]2CC(C)(C)C3)ccc1-c1cccc2ccccc12. The number of rotatable bonds is 3. The van der Waals surface area contributed by atoms with Gasteiger partial charge in [0.1, 0.15) is 5.75 Å². The molecule has 1 saturated heterocycles. The first-order chi connectivity index (χ1) is 14.8. The average Bonchev–Trinajstić information content (AvgIpc) is 3.00. The molecule has 0 aromatic heterocycles. The molecule has 3 aromatic carbocycles. The van der Waals surface area contributed by atoms with E-state index in [1.165, 1.54) is 17.2 Å². The zero-order chi connectivity index (χ0) is 21.8. The second kappa shape index (κ2) is 7.12. The van der Waals surface area contributed by atoms with Crippen LogP contribution in [0.5, 0.6) is 5.75 Å². The summed E-state index contributed by atoms with van der Waals surface area (Å²) in [5, 5.41) is 2.38. The maximum absolute atomic E-state index is 13.5. The van der Waals surface area contributed by atoms with Gasteiger partial charge in [-0.2, -0.15) is 0 Å². The van der Waals surface area contributed by atoms with Crippen molar-refractivity contribution in [1.29, 1.82) is 0 Å². The van der Waals surface area contributed by atoms with Crippen LogP contribution in [0.4, 0.5) is 0 Å². The summed E-state index contributed by atoms with van der Waals surface area (Å²) in [5.41, 5.74) is 3.39. The second-order valence-electron chi connectivity index (χ2n) is 10.6. The molecular weight excluding hydrogens is 382 g/mol. The van der Waals surface area contributed by atoms with Crippen LogP contribution < -0.4 is 4.74 Å². The summed E-state index contributed by atoms with van der Waals surface area (Å²) >= 11 is 0. The Labute approximate surface area is 185 Å². The van der Waals surface area contributed by atoms with Crippen LogP contribution in [0.25, 0.3) is 21.9 Å². The van der Waals surface area contributed by atoms with Gasteiger partial charge in [-0.15, -0.1) is 0 Å². The Hall–Kier alpha value is -2.81. The molecule has 0 radical (unpaired) electrons. The molecule has 0 spiro atoms. The molecule has 5 rings (SSSR count). The summed E-state index contributed by atoms with van der Waals surface area (Å²) in [6.07, 6.45) is 3.39. The van der Waals surface area contributed by atoms with E-state index in [0.717, 1.165) is 41.8 Å². The zero-order valence-electron chi connectivity index (χ0n) is 18.9. The van der Waals surface area contributed by atoms with E-state index >= 15 is 0 Å². The number of fused-ring (bicyclic) bond motifs is 3. The number of methoxy groups -OCH3 is 1. The number of amides is 1. The number of hydrogen-bond acceptors (Lipinski definition) is 2. The number of hydrogen-bond donors (Lipinski definition) is 0. The number of carbonyl (C=O) groups excluding carboxylic acids is 1. The fourth-order valence-corrected chi connectivity index (χ4v) is 6.37. The fourth-order valence-electron chi connectivity index (χ4n) is 6.37. The van der Waals surface area contributed by atoms with Crippen molar-refractivity contribution in [1.82, 2.24) is 4.90 Å². The van der Waals surface area contributed by atoms with Crippen LogP contribution in [0.3, 0.4) is 0 Å². The number of likely N-dealkylation sites (tertiary alicyclic amines) is 1. The van der Waals surface area contributed by atoms with Crippen molar-refractivity contribution in [2.75, 3.05) is 13.7 Å². The molecule has 3 aromatic rings. The van der Waals surface area contributed by atoms with E-state index in [2.05, 4.69) is 68.1 Å². The average molecular weight is 414 g/mol. The van der Waals surface area contributed by atoms with Gasteiger partial charge in [-0.05, 0) is 64.6 Å². The number of nitrogens with zero attached hydrogens (tertiary/aromatic N) is 1. The molecule has 1 aliphatic carbocycles. The predicted octanol–water partition coefficient (Wildman–Crippen LogP) is 6.56. The summed E-state index contributed by atoms with van der Waals surface area (Å²) < 4.78 is 5.77. The number of carbonyl (C=O) groups is 1. The summed E-state index contributed by atoms with van der Waals surface area (Å²) in [7, 11) is 1.69. The molecule has 2 fully saturated rings. The summed E-state index contributed by atoms with van der Waals surface area (Å²) in [6, 6.07) is 21.0. The van der Waals surface area contributed by atoms with Crippen molar-refractivity contribution in [3.8, 4) is 16.9 Å². The van der Waals surface area contributed by atoms with Gasteiger partial charge in [0, 0.05) is 23.7 Å². The highest BCUT2D eigenvalue weighted by Gasteiger charge is 2.51. The second-order valence-corrected chi connectivity index (χ2v) is 10.6. The topological polar surface area (TPSA) is 29.5 Å². The molecule has 3 nitrogen and oxygen atoms in total. The van der Waals surface area contributed by atoms with E-state index in [1.54, 1.807) is 7.11 Å². The first kappa shape index (κ1) is 20.1. The Kier molecular flexibility index (Phi) is 4.62. The van der Waals surface area contributed by atoms with Crippen LogP contribution >= 0.6 is 0 Å². The molecular formula is C28H31NO2. The van der Waals surface area contributed by atoms with Crippen molar-refractivity contribution in [2.24, 2.45) is 10.8 Å². The molecule has 2 atom stereocenters. The largest absolute Gasteiger partial charge is 0.496 e. The van der Waals surface area contributed by atoms with Crippen LogP contribution in [0, 0.1) is 10.8 Å². The molecule has 1 saturated carbocycles. The first-order valence-corrected chi connectivity index (χ1v) is 11.3. The minimum atomic E-state index is 0.134. The van der Waals surface area contributed by atoms with E-state index in [9.17, 15) is 4.79 Å². The lowest BCUT2D eigenvalue weighted by molar-refractivity contribution is 0.0708. The van der Waals surface area contributed by atoms with Crippen LogP contribution in [-0.4, -0.2) is 30.5 Å². The van der Waals surface area contributed by atoms with Gasteiger partial charge < -0.3 is 9.64 Å². The first-order valence-electron chi connectivity index (χ1n) is 11.3. The maximum Gasteiger partial charge on any atom is 0.254 e. The van der Waals surface area contributed by atoms with Gasteiger partial charge >= 0.3 is 0 Å². The van der Waals surface area contributed by atoms with Gasteiger partial charge in [0.05, 0.1) is 7.11 Å². The molecule has 160 valence electrons. The molecule has 0 N–H and O–H groups in total. The van der Waals surface area contributed by atoms with E-state index in [0.29, 0.717) is 11.5 Å². The third kappa shape index (κ3) is 3.50. The zero-order valence-corrected chi connectivity index (χ0v) is 18.9. The smallest absolute Gasteiger partial charge is 0.254 e. The molecule has 1 amide bonds. The van der Waals surface area contributed by atoms with Crippen LogP contribution in [0.1, 0.15) is 50.4 Å². The molecule has 3 heteroatoms. The lowest BCUT2D eigenvalue weighted by Crippen LogP contribution is -2.37. The fraction of sp³-hybridized carbons (Fsp3) is 0.393. The Morgan fingerprint density at radius 3 is 2.55 bits per heavy atom. The minimum absolute atomic E-state index is 0.134. The highest BCUT2D eigenvalue weighted by atomic mass is 16.5. The minimum Gasteiger partial charge on any atom is -0.496 e. The number of benzene rings is 3. The Morgan fingerprint density at radius 2 is 1.74 bits per heavy atom. The monoisotopic (exact) mass is 413 g/mol. The normalized spacial score (nSPS) is 24.4. The quantitative estimate of drug-likeness (QED) is 0.487. The third-order valence-electron chi connectivity index (χ3n) is 7.20. The van der Waals surface area contributed by atoms with E-state index in [1.807, 2.05) is 18.2 Å². The van der Waals surface area contributed by atoms with Gasteiger partial charge in [0.15, 0.2) is 0 Å². The highest BCUT2D eigenvalue weighted by molar-refractivity contribution is 6.00. The van der Waals surface area contributed by atoms with Crippen molar-refractivity contribution in [3.63, 3.8) is 0 Å². The standard InChI is InChI=1S/C28H31NO2/c1-27(2)15-21-16-28(3,17-27)18-29(21)26(30)20-12-13-24(25(14-20)31-4)23-11-7-9-19-8-5-6-10-22(19)23/h5-14,21H,15-18H2,1-4H3/t21-,28+/m0/s1. The molecule has 31 heavy (non-hydrogen) atoms. The molecule has 2 bridgehead atoms. The van der Waals surface area contributed by atoms with Gasteiger partial charge in [-0.25, -0.2) is 0 Å². The Morgan fingerprint density at radius 1 is 0.968 bits per heavy atom. The summed E-state index contributed by atoms with van der Waals surface area (Å²) in [4.78, 5) is 15.7. The van der Waals surface area contributed by atoms with Crippen molar-refractivity contribution in [3.05, 3.63) is 66.2 Å².